The zero-order chi connectivity index (χ0) is 90.4. The Hall–Kier alpha value is -13.9. The number of aromatic carboxylic acids is 2. The summed E-state index contributed by atoms with van der Waals surface area (Å²) in [6.07, 6.45) is -33.8. The molecule has 0 aliphatic carbocycles. The van der Waals surface area contributed by atoms with E-state index in [-0.39, 0.29) is 40.4 Å². The minimum atomic E-state index is -5.63. The molecular weight excluding hydrogens is 1660 g/mol. The van der Waals surface area contributed by atoms with Crippen molar-refractivity contribution in [1.29, 1.82) is 0 Å². The van der Waals surface area contributed by atoms with Gasteiger partial charge in [-0.2, -0.15) is 79.0 Å². The van der Waals surface area contributed by atoms with Crippen molar-refractivity contribution in [2.75, 3.05) is 22.2 Å². The molecule has 10 aromatic carbocycles. The molecule has 0 saturated carbocycles. The van der Waals surface area contributed by atoms with Crippen LogP contribution in [0.1, 0.15) is 209 Å². The molecule has 7 amide bonds. The van der Waals surface area contributed by atoms with Crippen molar-refractivity contribution in [3.05, 3.63) is 310 Å². The van der Waals surface area contributed by atoms with Crippen molar-refractivity contribution in [2.24, 2.45) is 0 Å². The number of Topliss-reactive ketones (excluding diaryl/α,β-unsaturated/α-hetero) is 2. The summed E-state index contributed by atoms with van der Waals surface area (Å²) in [5.74, 6) is -14.0. The number of benzene rings is 10. The number of fused-ring (bicyclic) bond motifs is 3. The highest BCUT2D eigenvalue weighted by Crippen LogP contribution is 2.53. The summed E-state index contributed by atoms with van der Waals surface area (Å²) in [7, 11) is 1.12. The molecule has 3 unspecified atom stereocenters. The van der Waals surface area contributed by atoms with E-state index in [9.17, 15) is 63.0 Å². The number of hydrogen-bond acceptors (Lipinski definition) is 11. The maximum Gasteiger partial charge on any atom is 0.417 e. The SMILES string of the molecule is CCC(=O)c1cc(C(C)(c2cccc(C(=O)Cc3ccc(-c4ccc(NC(=O)c5cc(C(C)(c6ccc7c(c6)C(=O)N(c6ccc(-c8ccc(N9C(=O)c%10ccc(C(C)(c%11ccc%12c(c%11)C(=O)N(C)C%12=O)C(F)(F)F)cc%10C9=O)cc8C(F)(F)F)c(C)c6)C7=O)C(F)(F)F)ccc5C(=O)O)cc4C(F)(F)F)c(C(F)(F)F)c3)c2)C(F)(F)F)ccc1C(=O)O. The third-order valence-corrected chi connectivity index (χ3v) is 22.5. The lowest BCUT2D eigenvalue weighted by molar-refractivity contribution is -0.173. The van der Waals surface area contributed by atoms with Crippen molar-refractivity contribution < 1.29 is 142 Å². The van der Waals surface area contributed by atoms with Crippen molar-refractivity contribution in [2.45, 2.75) is 101 Å². The molecule has 0 saturated heterocycles. The van der Waals surface area contributed by atoms with Crippen LogP contribution in [0.4, 0.5) is 96.1 Å². The molecule has 0 bridgehead atoms. The molecule has 0 radical (unpaired) electrons. The normalized spacial score (nSPS) is 15.4. The van der Waals surface area contributed by atoms with Gasteiger partial charge >= 0.3 is 49.0 Å². The second-order valence-electron chi connectivity index (χ2n) is 29.6. The molecule has 632 valence electrons. The van der Waals surface area contributed by atoms with E-state index in [4.69, 9.17) is 0 Å². The molecule has 123 heavy (non-hydrogen) atoms. The molecule has 35 heteroatoms. The van der Waals surface area contributed by atoms with Gasteiger partial charge in [0.25, 0.3) is 41.4 Å². The smallest absolute Gasteiger partial charge is 0.417 e. The quantitative estimate of drug-likeness (QED) is 0.0387. The average Bonchev–Trinajstić information content (AvgIpc) is 1.71. The molecule has 3 aliphatic rings. The predicted octanol–water partition coefficient (Wildman–Crippen LogP) is 20.5. The van der Waals surface area contributed by atoms with Gasteiger partial charge in [0.2, 0.25) is 0 Å². The highest BCUT2D eigenvalue weighted by atomic mass is 19.4. The van der Waals surface area contributed by atoms with Crippen LogP contribution in [0.5, 0.6) is 0 Å². The third-order valence-electron chi connectivity index (χ3n) is 22.5. The van der Waals surface area contributed by atoms with E-state index < -0.39 is 258 Å². The number of anilines is 3. The van der Waals surface area contributed by atoms with Crippen LogP contribution in [0.25, 0.3) is 22.3 Å². The molecule has 10 aromatic rings. The van der Waals surface area contributed by atoms with E-state index in [1.807, 2.05) is 5.32 Å². The number of carboxylic acid groups (broad SMARTS) is 2. The van der Waals surface area contributed by atoms with Crippen LogP contribution in [-0.2, 0) is 41.2 Å². The first-order chi connectivity index (χ1) is 57.1. The number of carbonyl (C=O) groups is 11. The van der Waals surface area contributed by atoms with Gasteiger partial charge in [0, 0.05) is 36.7 Å². The van der Waals surface area contributed by atoms with E-state index >= 15 is 79.0 Å². The first-order valence-electron chi connectivity index (χ1n) is 36.3. The first-order valence-corrected chi connectivity index (χ1v) is 36.3. The van der Waals surface area contributed by atoms with Gasteiger partial charge in [0.15, 0.2) is 11.6 Å². The fourth-order valence-corrected chi connectivity index (χ4v) is 15.4. The Balaban J connectivity index is 0.750. The average molecular weight is 1720 g/mol. The fraction of sp³-hybridized carbons (Fsp3) is 0.193. The van der Waals surface area contributed by atoms with Crippen molar-refractivity contribution in [1.82, 2.24) is 4.90 Å². The molecule has 3 atom stereocenters. The molecule has 0 spiro atoms. The highest BCUT2D eigenvalue weighted by molar-refractivity contribution is 6.35. The Bertz CT molecular complexity index is 6320. The second kappa shape index (κ2) is 30.1. The number of ketones is 2. The number of amides is 7. The summed E-state index contributed by atoms with van der Waals surface area (Å²) in [6.45, 7) is 4.45. The summed E-state index contributed by atoms with van der Waals surface area (Å²) < 4.78 is 277. The van der Waals surface area contributed by atoms with Gasteiger partial charge in [-0.1, -0.05) is 85.8 Å². The van der Waals surface area contributed by atoms with Crippen molar-refractivity contribution >= 4 is 81.9 Å². The molecular formula is C88H56F18N4O13. The largest absolute Gasteiger partial charge is 0.478 e. The van der Waals surface area contributed by atoms with Crippen LogP contribution in [0.3, 0.4) is 0 Å². The zero-order valence-corrected chi connectivity index (χ0v) is 63.8. The van der Waals surface area contributed by atoms with Gasteiger partial charge in [-0.25, -0.2) is 19.4 Å². The molecule has 3 aliphatic heterocycles. The van der Waals surface area contributed by atoms with Crippen LogP contribution in [0, 0.1) is 6.92 Å². The van der Waals surface area contributed by atoms with E-state index in [1.165, 1.54) is 13.8 Å². The number of nitrogens with one attached hydrogen (secondary N) is 1. The number of nitrogens with zero attached hydrogens (tertiary/aromatic N) is 3. The summed E-state index contributed by atoms with van der Waals surface area (Å²) in [5.41, 5.74) is -31.9. The number of rotatable bonds is 19. The van der Waals surface area contributed by atoms with E-state index in [0.29, 0.717) is 90.1 Å². The highest BCUT2D eigenvalue weighted by Gasteiger charge is 2.58. The first kappa shape index (κ1) is 86.9. The van der Waals surface area contributed by atoms with Gasteiger partial charge in [0.1, 0.15) is 16.2 Å². The zero-order valence-electron chi connectivity index (χ0n) is 63.8. The Morgan fingerprint density at radius 2 is 0.707 bits per heavy atom. The van der Waals surface area contributed by atoms with E-state index in [2.05, 4.69) is 0 Å². The molecule has 13 rings (SSSR count). The maximum atomic E-state index is 16.0. The summed E-state index contributed by atoms with van der Waals surface area (Å²) >= 11 is 0. The van der Waals surface area contributed by atoms with Crippen LogP contribution < -0.4 is 15.1 Å². The van der Waals surface area contributed by atoms with Gasteiger partial charge in [-0.3, -0.25) is 48.1 Å². The van der Waals surface area contributed by atoms with Crippen LogP contribution in [0.2, 0.25) is 0 Å². The lowest BCUT2D eigenvalue weighted by Crippen LogP contribution is -2.41. The number of aryl methyl sites for hydroxylation is 1. The minimum Gasteiger partial charge on any atom is -0.478 e. The second-order valence-corrected chi connectivity index (χ2v) is 29.6. The standard InChI is InChI=1S/C88H56F18N4O13/c1-7-69(111)61-33-44(15-24-59(61)78(120)121)80(3,86(98,99)100)43-10-8-9-42(32-43)70(112)31-41-11-20-54(66(30-41)83(89,90)91)55-26-17-49(38-67(55)84(92,93)94)107-71(113)62-34-45(16-25-60(62)79(122)123)81(4,87(101,102)103)47-13-22-57-64(36-47)76(118)109(74(57)116)50-18-27-52(40(2)29-50)53-28-19-51(39-68(53)85(95,96)97)110-75(117)58-23-14-48(37-65(58)77(110)119)82(5,88(104,105)106)46-12-21-56-63(35-46)73(115)108(6)72(56)114/h8-30,32-39H,7,31H2,1-6H3,(H,107,113)(H,120,121)(H,122,123). The van der Waals surface area contributed by atoms with Crippen LogP contribution in [-0.4, -0.2) is 106 Å². The fourth-order valence-electron chi connectivity index (χ4n) is 15.4. The lowest BCUT2D eigenvalue weighted by Gasteiger charge is -2.34. The molecule has 3 heterocycles. The number of halogens is 18. The van der Waals surface area contributed by atoms with Gasteiger partial charge in [-0.15, -0.1) is 0 Å². The Kier molecular flexibility index (Phi) is 21.3. The molecule has 0 fully saturated rings. The Labute approximate surface area is 681 Å². The minimum absolute atomic E-state index is 0.106. The third kappa shape index (κ3) is 14.7. The lowest BCUT2D eigenvalue weighted by atomic mass is 9.74. The van der Waals surface area contributed by atoms with Crippen molar-refractivity contribution in [3.63, 3.8) is 0 Å². The monoisotopic (exact) mass is 1720 g/mol. The maximum absolute atomic E-state index is 16.0. The molecule has 0 aromatic heterocycles. The summed E-state index contributed by atoms with van der Waals surface area (Å²) in [4.78, 5) is 149. The molecule has 17 nitrogen and oxygen atoms in total. The number of alkyl halides is 18. The number of imide groups is 3. The van der Waals surface area contributed by atoms with E-state index in [1.54, 1.807) is 0 Å². The van der Waals surface area contributed by atoms with Gasteiger partial charge in [-0.05, 0) is 204 Å². The summed E-state index contributed by atoms with van der Waals surface area (Å²) in [6, 6.07) is 23.1. The number of carboxylic acids is 2. The van der Waals surface area contributed by atoms with Crippen LogP contribution in [0.15, 0.2) is 188 Å². The van der Waals surface area contributed by atoms with E-state index in [0.717, 1.165) is 134 Å². The topological polar surface area (TPSA) is 250 Å². The number of carbonyl (C=O) groups excluding carboxylic acids is 9. The summed E-state index contributed by atoms with van der Waals surface area (Å²) in [5, 5.41) is 21.8. The number of hydrogen-bond donors (Lipinski definition) is 3. The van der Waals surface area contributed by atoms with Gasteiger partial charge < -0.3 is 15.5 Å². The predicted molar refractivity (Wildman–Crippen MR) is 403 cm³/mol. The Morgan fingerprint density at radius 3 is 1.16 bits per heavy atom. The van der Waals surface area contributed by atoms with Crippen LogP contribution >= 0.6 is 0 Å². The molecule has 3 N–H and O–H groups in total. The van der Waals surface area contributed by atoms with Crippen molar-refractivity contribution in [3.8, 4) is 22.3 Å². The van der Waals surface area contributed by atoms with Gasteiger partial charge in [0.05, 0.1) is 78.1 Å². The Morgan fingerprint density at radius 1 is 0.350 bits per heavy atom.